The number of imidazole rings is 1. The molecule has 0 aromatic carbocycles. The van der Waals surface area contributed by atoms with Gasteiger partial charge in [-0.3, -0.25) is 0 Å². The van der Waals surface area contributed by atoms with Crippen molar-refractivity contribution in [2.45, 2.75) is 32.7 Å². The predicted molar refractivity (Wildman–Crippen MR) is 61.7 cm³/mol. The van der Waals surface area contributed by atoms with Crippen molar-refractivity contribution in [3.63, 3.8) is 0 Å². The fraction of sp³-hybridized carbons (Fsp3) is 0.417. The minimum atomic E-state index is -0.312. The Hall–Kier alpha value is -1.42. The van der Waals surface area contributed by atoms with Crippen LogP contribution in [0, 0.1) is 5.82 Å². The molecule has 16 heavy (non-hydrogen) atoms. The van der Waals surface area contributed by atoms with E-state index < -0.39 is 0 Å². The van der Waals surface area contributed by atoms with Gasteiger partial charge in [0.1, 0.15) is 0 Å². The Bertz CT molecular complexity index is 523. The van der Waals surface area contributed by atoms with Crippen LogP contribution in [0.3, 0.4) is 0 Å². The third-order valence-electron chi connectivity index (χ3n) is 2.61. The number of rotatable bonds is 1. The Morgan fingerprint density at radius 3 is 2.69 bits per heavy atom. The summed E-state index contributed by atoms with van der Waals surface area (Å²) in [4.78, 5) is 4.36. The van der Waals surface area contributed by atoms with Gasteiger partial charge < -0.3 is 10.1 Å². The molecule has 2 N–H and O–H groups in total. The van der Waals surface area contributed by atoms with Crippen LogP contribution in [0.25, 0.3) is 5.65 Å². The third-order valence-corrected chi connectivity index (χ3v) is 2.61. The fourth-order valence-corrected chi connectivity index (χ4v) is 1.88. The topological polar surface area (TPSA) is 43.3 Å². The van der Waals surface area contributed by atoms with Crippen LogP contribution in [-0.4, -0.2) is 9.38 Å². The Kier molecular flexibility index (Phi) is 2.46. The summed E-state index contributed by atoms with van der Waals surface area (Å²) in [6.07, 6.45) is 1.79. The van der Waals surface area contributed by atoms with Crippen LogP contribution in [0.4, 0.5) is 4.39 Å². The van der Waals surface area contributed by atoms with Gasteiger partial charge in [0.05, 0.1) is 11.4 Å². The number of pyridine rings is 1. The van der Waals surface area contributed by atoms with Crippen molar-refractivity contribution in [2.24, 2.45) is 5.73 Å². The molecule has 0 atom stereocenters. The highest BCUT2D eigenvalue weighted by Gasteiger charge is 2.23. The molecule has 0 radical (unpaired) electrons. The summed E-state index contributed by atoms with van der Waals surface area (Å²) < 4.78 is 15.3. The van der Waals surface area contributed by atoms with Gasteiger partial charge in [-0.25, -0.2) is 9.37 Å². The van der Waals surface area contributed by atoms with Gasteiger partial charge in [0.25, 0.3) is 0 Å². The molecule has 0 aliphatic carbocycles. The van der Waals surface area contributed by atoms with Gasteiger partial charge in [-0.05, 0) is 12.1 Å². The van der Waals surface area contributed by atoms with E-state index in [0.29, 0.717) is 12.2 Å². The molecule has 2 rings (SSSR count). The van der Waals surface area contributed by atoms with Crippen molar-refractivity contribution in [1.29, 1.82) is 0 Å². The summed E-state index contributed by atoms with van der Waals surface area (Å²) in [5.74, 6) is -0.312. The molecule has 3 nitrogen and oxygen atoms in total. The lowest BCUT2D eigenvalue weighted by atomic mass is 9.91. The number of nitrogens with zero attached hydrogens (tertiary/aromatic N) is 2. The Balaban J connectivity index is 2.81. The first-order valence-electron chi connectivity index (χ1n) is 5.31. The van der Waals surface area contributed by atoms with Gasteiger partial charge in [0.15, 0.2) is 11.5 Å². The number of halogens is 1. The third kappa shape index (κ3) is 1.59. The molecule has 0 aliphatic rings. The van der Waals surface area contributed by atoms with Gasteiger partial charge in [-0.2, -0.15) is 0 Å². The molecule has 0 aliphatic heterocycles. The maximum absolute atomic E-state index is 13.6. The smallest absolute Gasteiger partial charge is 0.173 e. The van der Waals surface area contributed by atoms with E-state index >= 15 is 0 Å². The fourth-order valence-electron chi connectivity index (χ4n) is 1.88. The van der Waals surface area contributed by atoms with Crippen molar-refractivity contribution in [3.8, 4) is 0 Å². The van der Waals surface area contributed by atoms with Gasteiger partial charge in [0.2, 0.25) is 0 Å². The first-order chi connectivity index (χ1) is 7.45. The molecule has 4 heteroatoms. The van der Waals surface area contributed by atoms with Crippen molar-refractivity contribution in [3.05, 3.63) is 35.5 Å². The van der Waals surface area contributed by atoms with E-state index in [4.69, 9.17) is 5.73 Å². The second kappa shape index (κ2) is 3.56. The van der Waals surface area contributed by atoms with Gasteiger partial charge >= 0.3 is 0 Å². The summed E-state index contributed by atoms with van der Waals surface area (Å²) >= 11 is 0. The van der Waals surface area contributed by atoms with Crippen LogP contribution >= 0.6 is 0 Å². The van der Waals surface area contributed by atoms with Crippen LogP contribution in [0.1, 0.15) is 32.2 Å². The quantitative estimate of drug-likeness (QED) is 0.802. The average Bonchev–Trinajstić information content (AvgIpc) is 2.57. The van der Waals surface area contributed by atoms with E-state index in [9.17, 15) is 4.39 Å². The molecule has 0 saturated carbocycles. The molecule has 0 bridgehead atoms. The predicted octanol–water partition coefficient (Wildman–Crippen LogP) is 2.23. The monoisotopic (exact) mass is 221 g/mol. The molecular weight excluding hydrogens is 205 g/mol. The van der Waals surface area contributed by atoms with E-state index in [-0.39, 0.29) is 11.2 Å². The number of hydrogen-bond donors (Lipinski definition) is 1. The molecular formula is C12H16FN3. The minimum absolute atomic E-state index is 0.132. The Labute approximate surface area is 94.1 Å². The number of hydrogen-bond acceptors (Lipinski definition) is 2. The zero-order valence-corrected chi connectivity index (χ0v) is 9.79. The zero-order chi connectivity index (χ0) is 11.9. The summed E-state index contributed by atoms with van der Waals surface area (Å²) in [7, 11) is 0. The lowest BCUT2D eigenvalue weighted by Crippen LogP contribution is -2.16. The first kappa shape index (κ1) is 11.1. The Morgan fingerprint density at radius 1 is 1.44 bits per heavy atom. The average molecular weight is 221 g/mol. The van der Waals surface area contributed by atoms with Crippen molar-refractivity contribution in [1.82, 2.24) is 9.38 Å². The molecule has 0 fully saturated rings. The summed E-state index contributed by atoms with van der Waals surface area (Å²) in [5.41, 5.74) is 7.69. The van der Waals surface area contributed by atoms with Crippen LogP contribution in [-0.2, 0) is 12.0 Å². The maximum atomic E-state index is 13.6. The normalized spacial score (nSPS) is 12.3. The van der Waals surface area contributed by atoms with E-state index in [0.717, 1.165) is 11.4 Å². The van der Waals surface area contributed by atoms with Crippen molar-refractivity contribution >= 4 is 5.65 Å². The molecule has 2 aromatic heterocycles. The zero-order valence-electron chi connectivity index (χ0n) is 9.79. The second-order valence-electron chi connectivity index (χ2n) is 4.91. The molecule has 0 amide bonds. The number of nitrogens with two attached hydrogens (primary N) is 1. The van der Waals surface area contributed by atoms with E-state index in [1.165, 1.54) is 6.07 Å². The van der Waals surface area contributed by atoms with Gasteiger partial charge in [-0.1, -0.05) is 20.8 Å². The first-order valence-corrected chi connectivity index (χ1v) is 5.31. The highest BCUT2D eigenvalue weighted by atomic mass is 19.1. The molecule has 2 heterocycles. The lowest BCUT2D eigenvalue weighted by molar-refractivity contribution is 0.563. The summed E-state index contributed by atoms with van der Waals surface area (Å²) in [6.45, 7) is 6.50. The van der Waals surface area contributed by atoms with Crippen LogP contribution in [0.2, 0.25) is 0 Å². The van der Waals surface area contributed by atoms with Crippen LogP contribution in [0.15, 0.2) is 18.3 Å². The summed E-state index contributed by atoms with van der Waals surface area (Å²) in [6, 6.07) is 3.07. The van der Waals surface area contributed by atoms with Crippen LogP contribution in [0.5, 0.6) is 0 Å². The van der Waals surface area contributed by atoms with Crippen molar-refractivity contribution < 1.29 is 4.39 Å². The standard InChI is InChI=1S/C12H16FN3/c1-12(2,3)10-9(7-14)16-6-4-5-8(13)11(16)15-10/h4-6H,7,14H2,1-3H3. The molecule has 86 valence electrons. The largest absolute Gasteiger partial charge is 0.325 e. The van der Waals surface area contributed by atoms with Crippen LogP contribution < -0.4 is 5.73 Å². The minimum Gasteiger partial charge on any atom is -0.325 e. The second-order valence-corrected chi connectivity index (χ2v) is 4.91. The number of aromatic nitrogens is 2. The van der Waals surface area contributed by atoms with E-state index in [1.54, 1.807) is 16.7 Å². The lowest BCUT2D eigenvalue weighted by Gasteiger charge is -2.17. The van der Waals surface area contributed by atoms with Gasteiger partial charge in [0, 0.05) is 18.2 Å². The molecule has 0 spiro atoms. The molecule has 0 unspecified atom stereocenters. The highest BCUT2D eigenvalue weighted by molar-refractivity contribution is 5.46. The molecule has 2 aromatic rings. The Morgan fingerprint density at radius 2 is 2.12 bits per heavy atom. The summed E-state index contributed by atoms with van der Waals surface area (Å²) in [5, 5.41) is 0. The van der Waals surface area contributed by atoms with E-state index in [2.05, 4.69) is 4.98 Å². The van der Waals surface area contributed by atoms with Crippen molar-refractivity contribution in [2.75, 3.05) is 0 Å². The highest BCUT2D eigenvalue weighted by Crippen LogP contribution is 2.26. The maximum Gasteiger partial charge on any atom is 0.173 e. The number of fused-ring (bicyclic) bond motifs is 1. The molecule has 0 saturated heterocycles. The van der Waals surface area contributed by atoms with E-state index in [1.807, 2.05) is 20.8 Å². The SMILES string of the molecule is CC(C)(C)c1nc2c(F)cccn2c1CN. The van der Waals surface area contributed by atoms with Gasteiger partial charge in [-0.15, -0.1) is 0 Å².